The first-order chi connectivity index (χ1) is 14.9. The van der Waals surface area contributed by atoms with Gasteiger partial charge in [-0.3, -0.25) is 20.2 Å². The Bertz CT molecular complexity index is 685. The number of hydrogen-bond acceptors (Lipinski definition) is 5. The highest BCUT2D eigenvalue weighted by molar-refractivity contribution is 5.91. The molecule has 0 spiro atoms. The van der Waals surface area contributed by atoms with Crippen LogP contribution in [0.1, 0.15) is 113 Å². The number of rotatable bonds is 18. The second-order valence-corrected chi connectivity index (χ2v) is 8.16. The third kappa shape index (κ3) is 10.4. The zero-order valence-electron chi connectivity index (χ0n) is 18.6. The van der Waals surface area contributed by atoms with Crippen molar-refractivity contribution in [3.05, 3.63) is 43.5 Å². The lowest BCUT2D eigenvalue weighted by Crippen LogP contribution is -2.08. The maximum atomic E-state index is 11.5. The van der Waals surface area contributed by atoms with Crippen molar-refractivity contribution < 1.29 is 19.7 Å². The number of non-ortho nitro benzene ring substituents is 1. The van der Waals surface area contributed by atoms with E-state index in [1.165, 1.54) is 64.2 Å². The number of benzene rings is 1. The number of carboxylic acids is 1. The zero-order chi connectivity index (χ0) is 23.1. The topological polar surface area (TPSA) is 124 Å². The first-order valence-corrected chi connectivity index (χ1v) is 11.6. The molecule has 1 rings (SSSR count). The van der Waals surface area contributed by atoms with Crippen LogP contribution >= 0.6 is 0 Å². The van der Waals surface area contributed by atoms with Gasteiger partial charge in [-0.2, -0.15) is 0 Å². The van der Waals surface area contributed by atoms with Gasteiger partial charge in [0.1, 0.15) is 0 Å². The van der Waals surface area contributed by atoms with Crippen LogP contribution in [-0.2, 0) is 6.42 Å². The van der Waals surface area contributed by atoms with Crippen LogP contribution in [0.5, 0.6) is 0 Å². The third-order valence-electron chi connectivity index (χ3n) is 5.63. The Morgan fingerprint density at radius 3 is 1.61 bits per heavy atom. The van der Waals surface area contributed by atoms with E-state index in [1.54, 1.807) is 0 Å². The summed E-state index contributed by atoms with van der Waals surface area (Å²) in [5.41, 5.74) is -1.34. The van der Waals surface area contributed by atoms with E-state index in [1.807, 2.05) is 0 Å². The van der Waals surface area contributed by atoms with Crippen LogP contribution < -0.4 is 0 Å². The maximum Gasteiger partial charge on any atom is 0.336 e. The Labute approximate surface area is 184 Å². The molecule has 0 amide bonds. The molecule has 0 aromatic heterocycles. The van der Waals surface area contributed by atoms with Gasteiger partial charge in [-0.15, -0.1) is 0 Å². The fraction of sp³-hybridized carbons (Fsp3) is 0.696. The van der Waals surface area contributed by atoms with Crippen molar-refractivity contribution in [2.75, 3.05) is 0 Å². The Morgan fingerprint density at radius 2 is 1.23 bits per heavy atom. The van der Waals surface area contributed by atoms with E-state index in [0.29, 0.717) is 6.42 Å². The molecule has 174 valence electrons. The second kappa shape index (κ2) is 15.3. The molecule has 0 unspecified atom stereocenters. The van der Waals surface area contributed by atoms with Gasteiger partial charge in [-0.1, -0.05) is 90.4 Å². The van der Waals surface area contributed by atoms with E-state index in [9.17, 15) is 30.1 Å². The number of aromatic carboxylic acids is 1. The van der Waals surface area contributed by atoms with E-state index in [2.05, 4.69) is 6.92 Å². The Hall–Kier alpha value is -2.51. The second-order valence-electron chi connectivity index (χ2n) is 8.16. The monoisotopic (exact) mass is 436 g/mol. The molecule has 1 N–H and O–H groups in total. The zero-order valence-corrected chi connectivity index (χ0v) is 18.6. The number of nitro benzene ring substituents is 2. The highest BCUT2D eigenvalue weighted by Gasteiger charge is 2.26. The molecule has 1 aromatic rings. The predicted octanol–water partition coefficient (Wildman–Crippen LogP) is 7.23. The van der Waals surface area contributed by atoms with Crippen molar-refractivity contribution in [3.8, 4) is 0 Å². The van der Waals surface area contributed by atoms with Gasteiger partial charge in [0.25, 0.3) is 11.4 Å². The van der Waals surface area contributed by atoms with Gasteiger partial charge in [0.15, 0.2) is 0 Å². The fourth-order valence-corrected chi connectivity index (χ4v) is 3.86. The minimum Gasteiger partial charge on any atom is -0.478 e. The molecule has 1 aromatic carbocycles. The summed E-state index contributed by atoms with van der Waals surface area (Å²) in [6.07, 6.45) is 16.8. The number of hydrogen-bond donors (Lipinski definition) is 1. The van der Waals surface area contributed by atoms with Crippen LogP contribution in [0.25, 0.3) is 0 Å². The molecular formula is C23H36N2O6. The Balaban J connectivity index is 2.32. The van der Waals surface area contributed by atoms with Crippen LogP contribution in [-0.4, -0.2) is 20.9 Å². The molecule has 0 heterocycles. The number of carbonyl (C=O) groups is 1. The predicted molar refractivity (Wildman–Crippen MR) is 121 cm³/mol. The lowest BCUT2D eigenvalue weighted by molar-refractivity contribution is -0.394. The average Bonchev–Trinajstić information content (AvgIpc) is 2.73. The lowest BCUT2D eigenvalue weighted by atomic mass is 9.97. The standard InChI is InChI=1S/C23H36N2O6/c1-2-3-4-5-6-7-8-9-10-11-12-13-14-15-16-20-21(23(26)27)17-19(24(28)29)18-22(20)25(30)31/h17-18H,2-16H2,1H3,(H,26,27). The van der Waals surface area contributed by atoms with E-state index in [0.717, 1.165) is 31.4 Å². The summed E-state index contributed by atoms with van der Waals surface area (Å²) in [6, 6.07) is 1.76. The van der Waals surface area contributed by atoms with E-state index in [-0.39, 0.29) is 17.5 Å². The fourth-order valence-electron chi connectivity index (χ4n) is 3.86. The van der Waals surface area contributed by atoms with E-state index in [4.69, 9.17) is 0 Å². The third-order valence-corrected chi connectivity index (χ3v) is 5.63. The van der Waals surface area contributed by atoms with Crippen molar-refractivity contribution in [2.24, 2.45) is 0 Å². The minimum absolute atomic E-state index is 0.0713. The van der Waals surface area contributed by atoms with Gasteiger partial charge >= 0.3 is 5.97 Å². The number of nitro groups is 2. The average molecular weight is 437 g/mol. The molecule has 8 heteroatoms. The number of unbranched alkanes of at least 4 members (excludes halogenated alkanes) is 13. The largest absolute Gasteiger partial charge is 0.478 e. The molecule has 0 atom stereocenters. The van der Waals surface area contributed by atoms with Gasteiger partial charge in [-0.25, -0.2) is 4.79 Å². The molecule has 0 saturated carbocycles. The van der Waals surface area contributed by atoms with Crippen LogP contribution in [0.4, 0.5) is 11.4 Å². The molecule has 0 aliphatic carbocycles. The van der Waals surface area contributed by atoms with E-state index < -0.39 is 27.2 Å². The summed E-state index contributed by atoms with van der Waals surface area (Å²) in [7, 11) is 0. The maximum absolute atomic E-state index is 11.5. The molecule has 0 saturated heterocycles. The van der Waals surface area contributed by atoms with Crippen molar-refractivity contribution in [1.29, 1.82) is 0 Å². The minimum atomic E-state index is -1.38. The summed E-state index contributed by atoms with van der Waals surface area (Å²) >= 11 is 0. The first kappa shape index (κ1) is 26.5. The highest BCUT2D eigenvalue weighted by atomic mass is 16.6. The van der Waals surface area contributed by atoms with Gasteiger partial charge in [0.05, 0.1) is 21.5 Å². The van der Waals surface area contributed by atoms with Crippen LogP contribution in [0.3, 0.4) is 0 Å². The summed E-state index contributed by atoms with van der Waals surface area (Å²) in [4.78, 5) is 32.2. The van der Waals surface area contributed by atoms with E-state index >= 15 is 0 Å². The van der Waals surface area contributed by atoms with Gasteiger partial charge in [-0.05, 0) is 12.8 Å². The normalized spacial score (nSPS) is 10.9. The molecule has 0 fully saturated rings. The molecule has 0 aliphatic rings. The van der Waals surface area contributed by atoms with Gasteiger partial charge in [0.2, 0.25) is 0 Å². The smallest absolute Gasteiger partial charge is 0.336 e. The van der Waals surface area contributed by atoms with Crippen molar-refractivity contribution in [3.63, 3.8) is 0 Å². The van der Waals surface area contributed by atoms with Crippen molar-refractivity contribution in [1.82, 2.24) is 0 Å². The highest BCUT2D eigenvalue weighted by Crippen LogP contribution is 2.30. The first-order valence-electron chi connectivity index (χ1n) is 11.6. The van der Waals surface area contributed by atoms with Crippen LogP contribution in [0, 0.1) is 20.2 Å². The molecular weight excluding hydrogens is 400 g/mol. The molecule has 31 heavy (non-hydrogen) atoms. The summed E-state index contributed by atoms with van der Waals surface area (Å²) in [6.45, 7) is 2.23. The number of carboxylic acid groups (broad SMARTS) is 1. The van der Waals surface area contributed by atoms with Crippen LogP contribution in [0.2, 0.25) is 0 Å². The number of nitrogens with zero attached hydrogens (tertiary/aromatic N) is 2. The summed E-state index contributed by atoms with van der Waals surface area (Å²) in [5.74, 6) is -1.38. The molecule has 8 nitrogen and oxygen atoms in total. The van der Waals surface area contributed by atoms with Gasteiger partial charge in [0, 0.05) is 11.6 Å². The van der Waals surface area contributed by atoms with Crippen molar-refractivity contribution in [2.45, 2.75) is 103 Å². The molecule has 0 aliphatic heterocycles. The summed E-state index contributed by atoms with van der Waals surface area (Å²) in [5, 5.41) is 31.6. The quantitative estimate of drug-likeness (QED) is 0.147. The van der Waals surface area contributed by atoms with Crippen LogP contribution in [0.15, 0.2) is 12.1 Å². The molecule has 0 radical (unpaired) electrons. The Kier molecular flexibility index (Phi) is 13.1. The van der Waals surface area contributed by atoms with Gasteiger partial charge < -0.3 is 5.11 Å². The lowest BCUT2D eigenvalue weighted by Gasteiger charge is -2.08. The Morgan fingerprint density at radius 1 is 0.774 bits per heavy atom. The molecule has 0 bridgehead atoms. The SMILES string of the molecule is CCCCCCCCCCCCCCCCc1c(C(=O)O)cc([N+](=O)[O-])cc1[N+](=O)[O-]. The summed E-state index contributed by atoms with van der Waals surface area (Å²) < 4.78 is 0. The van der Waals surface area contributed by atoms with Crippen molar-refractivity contribution >= 4 is 17.3 Å².